The average Bonchev–Trinajstić information content (AvgIpc) is 2.96. The highest BCUT2D eigenvalue weighted by Gasteiger charge is 2.33. The largest absolute Gasteiger partial charge is 0.351 e. The van der Waals surface area contributed by atoms with Gasteiger partial charge in [0.1, 0.15) is 0 Å². The van der Waals surface area contributed by atoms with Crippen molar-refractivity contribution in [1.82, 2.24) is 9.47 Å². The van der Waals surface area contributed by atoms with Gasteiger partial charge in [0, 0.05) is 31.0 Å². The molecule has 0 radical (unpaired) electrons. The Hall–Kier alpha value is -0.800. The Morgan fingerprint density at radius 3 is 2.90 bits per heavy atom. The maximum atomic E-state index is 6.37. The molecule has 0 saturated carbocycles. The van der Waals surface area contributed by atoms with Crippen molar-refractivity contribution in [2.45, 2.75) is 52.6 Å². The Morgan fingerprint density at radius 2 is 2.20 bits per heavy atom. The summed E-state index contributed by atoms with van der Waals surface area (Å²) in [6.07, 6.45) is 5.90. The second kappa shape index (κ2) is 5.19. The third kappa shape index (κ3) is 2.66. The van der Waals surface area contributed by atoms with E-state index in [2.05, 4.69) is 42.5 Å². The number of nitrogens with zero attached hydrogens (tertiary/aromatic N) is 2. The summed E-state index contributed by atoms with van der Waals surface area (Å²) in [6.45, 7) is 11.9. The van der Waals surface area contributed by atoms with E-state index in [4.69, 9.17) is 5.73 Å². The number of fused-ring (bicyclic) bond motifs is 1. The van der Waals surface area contributed by atoms with Gasteiger partial charge in [-0.1, -0.05) is 20.8 Å². The van der Waals surface area contributed by atoms with Crippen LogP contribution in [0.15, 0.2) is 12.3 Å². The van der Waals surface area contributed by atoms with Crippen LogP contribution in [0.25, 0.3) is 0 Å². The van der Waals surface area contributed by atoms with Gasteiger partial charge in [-0.3, -0.25) is 0 Å². The van der Waals surface area contributed by atoms with E-state index >= 15 is 0 Å². The number of aromatic nitrogens is 1. The minimum atomic E-state index is 0.228. The van der Waals surface area contributed by atoms with Gasteiger partial charge in [0.2, 0.25) is 0 Å². The molecule has 2 heterocycles. The molecule has 1 aromatic rings. The van der Waals surface area contributed by atoms with E-state index in [1.54, 1.807) is 0 Å². The number of hydrogen-bond acceptors (Lipinski definition) is 2. The number of nitrogens with two attached hydrogens (primary N) is 1. The van der Waals surface area contributed by atoms with E-state index in [-0.39, 0.29) is 6.04 Å². The lowest BCUT2D eigenvalue weighted by Crippen LogP contribution is -2.31. The monoisotopic (exact) mass is 275 g/mol. The molecule has 2 aliphatic rings. The summed E-state index contributed by atoms with van der Waals surface area (Å²) >= 11 is 0. The van der Waals surface area contributed by atoms with Crippen LogP contribution in [0.3, 0.4) is 0 Å². The number of rotatable bonds is 3. The lowest BCUT2D eigenvalue weighted by Gasteiger charge is -2.34. The Kier molecular flexibility index (Phi) is 3.67. The van der Waals surface area contributed by atoms with E-state index in [0.29, 0.717) is 5.41 Å². The van der Waals surface area contributed by atoms with Crippen molar-refractivity contribution in [2.75, 3.05) is 19.6 Å². The molecule has 1 saturated heterocycles. The summed E-state index contributed by atoms with van der Waals surface area (Å²) in [5.74, 6) is 0.813. The first-order chi connectivity index (χ1) is 9.48. The van der Waals surface area contributed by atoms with Crippen molar-refractivity contribution >= 4 is 0 Å². The van der Waals surface area contributed by atoms with Crippen LogP contribution in [-0.4, -0.2) is 29.1 Å². The van der Waals surface area contributed by atoms with Crippen LogP contribution < -0.4 is 5.73 Å². The summed E-state index contributed by atoms with van der Waals surface area (Å²) in [5.41, 5.74) is 9.61. The van der Waals surface area contributed by atoms with Crippen LogP contribution in [0.5, 0.6) is 0 Å². The smallest absolute Gasteiger partial charge is 0.0318 e. The van der Waals surface area contributed by atoms with Crippen LogP contribution in [-0.2, 0) is 13.0 Å². The van der Waals surface area contributed by atoms with E-state index < -0.39 is 0 Å². The van der Waals surface area contributed by atoms with Crippen molar-refractivity contribution in [3.05, 3.63) is 23.5 Å². The molecule has 2 unspecified atom stereocenters. The van der Waals surface area contributed by atoms with Gasteiger partial charge < -0.3 is 15.2 Å². The van der Waals surface area contributed by atoms with Crippen LogP contribution >= 0.6 is 0 Å². The highest BCUT2D eigenvalue weighted by Crippen LogP contribution is 2.40. The zero-order valence-corrected chi connectivity index (χ0v) is 13.2. The molecule has 3 nitrogen and oxygen atoms in total. The Bertz CT molecular complexity index is 475. The van der Waals surface area contributed by atoms with Gasteiger partial charge in [0.05, 0.1) is 0 Å². The minimum absolute atomic E-state index is 0.228. The molecule has 1 aliphatic carbocycles. The Labute approximate surface area is 123 Å². The van der Waals surface area contributed by atoms with E-state index in [0.717, 1.165) is 12.3 Å². The van der Waals surface area contributed by atoms with Gasteiger partial charge in [-0.2, -0.15) is 0 Å². The maximum absolute atomic E-state index is 6.37. The van der Waals surface area contributed by atoms with Gasteiger partial charge in [0.15, 0.2) is 0 Å². The fourth-order valence-corrected chi connectivity index (χ4v) is 4.09. The van der Waals surface area contributed by atoms with Crippen molar-refractivity contribution in [1.29, 1.82) is 0 Å². The molecule has 1 aromatic heterocycles. The van der Waals surface area contributed by atoms with Gasteiger partial charge in [-0.15, -0.1) is 0 Å². The predicted octanol–water partition coefficient (Wildman–Crippen LogP) is 2.80. The highest BCUT2D eigenvalue weighted by molar-refractivity contribution is 5.30. The second-order valence-electron chi connectivity index (χ2n) is 7.57. The van der Waals surface area contributed by atoms with Crippen molar-refractivity contribution in [3.8, 4) is 0 Å². The molecule has 3 heteroatoms. The molecule has 0 spiro atoms. The quantitative estimate of drug-likeness (QED) is 0.920. The summed E-state index contributed by atoms with van der Waals surface area (Å²) in [5, 5.41) is 0. The van der Waals surface area contributed by atoms with E-state index in [1.807, 2.05) is 0 Å². The summed E-state index contributed by atoms with van der Waals surface area (Å²) in [4.78, 5) is 2.57. The predicted molar refractivity (Wildman–Crippen MR) is 83.7 cm³/mol. The molecule has 3 rings (SSSR count). The lowest BCUT2D eigenvalue weighted by molar-refractivity contribution is 0.271. The molecular formula is C17H29N3. The summed E-state index contributed by atoms with van der Waals surface area (Å²) < 4.78 is 2.50. The maximum Gasteiger partial charge on any atom is 0.0318 e. The van der Waals surface area contributed by atoms with Crippen LogP contribution in [0.2, 0.25) is 0 Å². The normalized spacial score (nSPS) is 29.6. The molecule has 2 atom stereocenters. The average molecular weight is 275 g/mol. The third-order valence-electron chi connectivity index (χ3n) is 5.20. The van der Waals surface area contributed by atoms with Crippen molar-refractivity contribution in [2.24, 2.45) is 17.1 Å². The van der Waals surface area contributed by atoms with Crippen LogP contribution in [0.1, 0.15) is 50.9 Å². The second-order valence-corrected chi connectivity index (χ2v) is 7.57. The van der Waals surface area contributed by atoms with E-state index in [1.165, 1.54) is 50.3 Å². The zero-order valence-electron chi connectivity index (χ0n) is 13.2. The van der Waals surface area contributed by atoms with Crippen molar-refractivity contribution in [3.63, 3.8) is 0 Å². The molecule has 1 aliphatic heterocycles. The van der Waals surface area contributed by atoms with Crippen LogP contribution in [0.4, 0.5) is 0 Å². The molecule has 2 N–H and O–H groups in total. The van der Waals surface area contributed by atoms with Gasteiger partial charge in [0.25, 0.3) is 0 Å². The first kappa shape index (κ1) is 14.2. The summed E-state index contributed by atoms with van der Waals surface area (Å²) in [7, 11) is 0. The topological polar surface area (TPSA) is 34.2 Å². The molecule has 0 bridgehead atoms. The molecule has 0 amide bonds. The van der Waals surface area contributed by atoms with Crippen LogP contribution in [0, 0.1) is 11.3 Å². The van der Waals surface area contributed by atoms with E-state index in [9.17, 15) is 0 Å². The zero-order chi connectivity index (χ0) is 14.3. The molecule has 20 heavy (non-hydrogen) atoms. The highest BCUT2D eigenvalue weighted by atomic mass is 15.1. The number of likely N-dealkylation sites (tertiary alicyclic amines) is 1. The van der Waals surface area contributed by atoms with Gasteiger partial charge in [-0.25, -0.2) is 0 Å². The fourth-order valence-electron chi connectivity index (χ4n) is 4.09. The number of hydrogen-bond donors (Lipinski definition) is 1. The SMILES string of the molecule is CCN1CCC(Cn2ccc3c2CC(C)(C)CC3N)C1. The lowest BCUT2D eigenvalue weighted by atomic mass is 9.74. The minimum Gasteiger partial charge on any atom is -0.351 e. The molecular weight excluding hydrogens is 246 g/mol. The fraction of sp³-hybridized carbons (Fsp3) is 0.765. The van der Waals surface area contributed by atoms with Crippen molar-refractivity contribution < 1.29 is 0 Å². The van der Waals surface area contributed by atoms with Gasteiger partial charge in [-0.05, 0) is 55.3 Å². The van der Waals surface area contributed by atoms with Gasteiger partial charge >= 0.3 is 0 Å². The summed E-state index contributed by atoms with van der Waals surface area (Å²) in [6, 6.07) is 2.49. The Morgan fingerprint density at radius 1 is 1.40 bits per heavy atom. The first-order valence-corrected chi connectivity index (χ1v) is 8.14. The standard InChI is InChI=1S/C17H29N3/c1-4-19-7-5-13(11-19)12-20-8-6-14-15(18)9-17(2,3)10-16(14)20/h6,8,13,15H,4-5,7,9-12,18H2,1-3H3. The molecule has 0 aromatic carbocycles. The molecule has 1 fully saturated rings. The first-order valence-electron chi connectivity index (χ1n) is 8.14. The third-order valence-corrected chi connectivity index (χ3v) is 5.20. The molecule has 112 valence electrons. The Balaban J connectivity index is 1.76.